The van der Waals surface area contributed by atoms with Crippen molar-refractivity contribution in [3.05, 3.63) is 76.0 Å². The molecule has 0 atom stereocenters. The molecule has 1 aromatic heterocycles. The van der Waals surface area contributed by atoms with E-state index in [2.05, 4.69) is 10.4 Å². The smallest absolute Gasteiger partial charge is 0.346 e. The van der Waals surface area contributed by atoms with Gasteiger partial charge in [-0.2, -0.15) is 0 Å². The number of benzene rings is 2. The molecular weight excluding hydrogens is 410 g/mol. The van der Waals surface area contributed by atoms with Crippen LogP contribution in [0.5, 0.6) is 5.75 Å². The number of amides is 2. The van der Waals surface area contributed by atoms with Crippen LogP contribution in [0.15, 0.2) is 53.3 Å². The summed E-state index contributed by atoms with van der Waals surface area (Å²) in [5.41, 5.74) is 2.25. The second-order valence-electron chi connectivity index (χ2n) is 7.64. The van der Waals surface area contributed by atoms with Crippen molar-refractivity contribution in [3.8, 4) is 5.75 Å². The summed E-state index contributed by atoms with van der Waals surface area (Å²) in [6, 6.07) is 14.9. The Hall–Kier alpha value is -3.88. The SMILES string of the molecule is CCOc1ccc(NC(=O)Cn2nc3n(c2=O)CCN(Cc2cccc(C)c2)C3=O)cc1. The number of carbonyl (C=O) groups is 2. The number of aryl methyl sites for hydroxylation is 1. The number of hydrogen-bond acceptors (Lipinski definition) is 5. The molecule has 2 heterocycles. The van der Waals surface area contributed by atoms with Gasteiger partial charge in [-0.1, -0.05) is 29.8 Å². The van der Waals surface area contributed by atoms with Crippen LogP contribution in [0.1, 0.15) is 28.7 Å². The number of ether oxygens (including phenoxy) is 1. The van der Waals surface area contributed by atoms with Gasteiger partial charge in [-0.25, -0.2) is 9.48 Å². The quantitative estimate of drug-likeness (QED) is 0.613. The monoisotopic (exact) mass is 435 g/mol. The largest absolute Gasteiger partial charge is 0.494 e. The molecule has 0 aliphatic carbocycles. The van der Waals surface area contributed by atoms with Crippen molar-refractivity contribution in [1.82, 2.24) is 19.2 Å². The van der Waals surface area contributed by atoms with E-state index in [4.69, 9.17) is 4.74 Å². The zero-order valence-corrected chi connectivity index (χ0v) is 18.1. The van der Waals surface area contributed by atoms with Crippen molar-refractivity contribution < 1.29 is 14.3 Å². The summed E-state index contributed by atoms with van der Waals surface area (Å²) in [5, 5.41) is 6.88. The fraction of sp³-hybridized carbons (Fsp3) is 0.304. The Balaban J connectivity index is 1.44. The first-order chi connectivity index (χ1) is 15.4. The minimum absolute atomic E-state index is 0.0581. The Labute approximate surface area is 185 Å². The number of aromatic nitrogens is 3. The number of carbonyl (C=O) groups excluding carboxylic acids is 2. The maximum atomic E-state index is 12.9. The summed E-state index contributed by atoms with van der Waals surface area (Å²) in [7, 11) is 0. The predicted octanol–water partition coefficient (Wildman–Crippen LogP) is 2.05. The Morgan fingerprint density at radius 3 is 2.62 bits per heavy atom. The third kappa shape index (κ3) is 4.56. The Morgan fingerprint density at radius 2 is 1.91 bits per heavy atom. The van der Waals surface area contributed by atoms with Gasteiger partial charge in [0.1, 0.15) is 12.3 Å². The highest BCUT2D eigenvalue weighted by Gasteiger charge is 2.30. The molecule has 1 N–H and O–H groups in total. The first kappa shape index (κ1) is 21.4. The third-order valence-corrected chi connectivity index (χ3v) is 5.19. The molecule has 0 bridgehead atoms. The second-order valence-corrected chi connectivity index (χ2v) is 7.64. The van der Waals surface area contributed by atoms with Crippen LogP contribution in [0.3, 0.4) is 0 Å². The average Bonchev–Trinajstić information content (AvgIpc) is 3.08. The van der Waals surface area contributed by atoms with Gasteiger partial charge in [0.05, 0.1) is 6.61 Å². The number of nitrogens with zero attached hydrogens (tertiary/aromatic N) is 4. The van der Waals surface area contributed by atoms with Crippen LogP contribution < -0.4 is 15.7 Å². The topological polar surface area (TPSA) is 98.5 Å². The van der Waals surface area contributed by atoms with E-state index < -0.39 is 11.6 Å². The maximum absolute atomic E-state index is 12.9. The molecule has 2 aromatic carbocycles. The molecule has 1 aliphatic rings. The fourth-order valence-electron chi connectivity index (χ4n) is 3.69. The van der Waals surface area contributed by atoms with Crippen molar-refractivity contribution in [2.45, 2.75) is 33.5 Å². The lowest BCUT2D eigenvalue weighted by Crippen LogP contribution is -2.42. The van der Waals surface area contributed by atoms with E-state index in [1.54, 1.807) is 29.2 Å². The predicted molar refractivity (Wildman–Crippen MR) is 119 cm³/mol. The van der Waals surface area contributed by atoms with Gasteiger partial charge in [-0.15, -0.1) is 5.10 Å². The van der Waals surface area contributed by atoms with Crippen LogP contribution in [0.25, 0.3) is 0 Å². The summed E-state index contributed by atoms with van der Waals surface area (Å²) in [4.78, 5) is 39.7. The molecule has 166 valence electrons. The lowest BCUT2D eigenvalue weighted by atomic mass is 10.1. The number of fused-ring (bicyclic) bond motifs is 1. The Morgan fingerprint density at radius 1 is 1.12 bits per heavy atom. The van der Waals surface area contributed by atoms with Gasteiger partial charge in [0.25, 0.3) is 5.91 Å². The fourth-order valence-corrected chi connectivity index (χ4v) is 3.69. The first-order valence-electron chi connectivity index (χ1n) is 10.5. The van der Waals surface area contributed by atoms with E-state index in [9.17, 15) is 14.4 Å². The number of nitrogens with one attached hydrogen (secondary N) is 1. The highest BCUT2D eigenvalue weighted by atomic mass is 16.5. The molecule has 4 rings (SSSR count). The van der Waals surface area contributed by atoms with Gasteiger partial charge >= 0.3 is 5.69 Å². The van der Waals surface area contributed by atoms with Crippen molar-refractivity contribution in [1.29, 1.82) is 0 Å². The minimum Gasteiger partial charge on any atom is -0.494 e. The molecule has 9 nitrogen and oxygen atoms in total. The van der Waals surface area contributed by atoms with Gasteiger partial charge in [-0.05, 0) is 43.7 Å². The van der Waals surface area contributed by atoms with E-state index in [1.807, 2.05) is 38.1 Å². The summed E-state index contributed by atoms with van der Waals surface area (Å²) in [5.74, 6) is 0.0382. The Kier molecular flexibility index (Phi) is 6.07. The molecule has 2 amide bonds. The zero-order chi connectivity index (χ0) is 22.7. The van der Waals surface area contributed by atoms with Gasteiger partial charge < -0.3 is 15.0 Å². The highest BCUT2D eigenvalue weighted by Crippen LogP contribution is 2.16. The minimum atomic E-state index is -0.467. The van der Waals surface area contributed by atoms with Crippen LogP contribution in [0.4, 0.5) is 5.69 Å². The molecule has 32 heavy (non-hydrogen) atoms. The average molecular weight is 435 g/mol. The van der Waals surface area contributed by atoms with Crippen molar-refractivity contribution in [2.75, 3.05) is 18.5 Å². The van der Waals surface area contributed by atoms with Crippen LogP contribution in [0.2, 0.25) is 0 Å². The molecule has 0 fully saturated rings. The van der Waals surface area contributed by atoms with Crippen molar-refractivity contribution >= 4 is 17.5 Å². The summed E-state index contributed by atoms with van der Waals surface area (Å²) >= 11 is 0. The molecule has 1 aliphatic heterocycles. The number of anilines is 1. The van der Waals surface area contributed by atoms with E-state index in [1.165, 1.54) is 4.57 Å². The van der Waals surface area contributed by atoms with Gasteiger partial charge in [0.15, 0.2) is 0 Å². The molecule has 9 heteroatoms. The summed E-state index contributed by atoms with van der Waals surface area (Å²) in [6.07, 6.45) is 0. The van der Waals surface area contributed by atoms with E-state index in [-0.39, 0.29) is 18.3 Å². The highest BCUT2D eigenvalue weighted by molar-refractivity contribution is 5.92. The van der Waals surface area contributed by atoms with E-state index >= 15 is 0 Å². The summed E-state index contributed by atoms with van der Waals surface area (Å²) in [6.45, 7) is 5.36. The van der Waals surface area contributed by atoms with Crippen molar-refractivity contribution in [3.63, 3.8) is 0 Å². The number of rotatable bonds is 7. The summed E-state index contributed by atoms with van der Waals surface area (Å²) < 4.78 is 7.75. The van der Waals surface area contributed by atoms with Crippen LogP contribution in [-0.2, 0) is 24.4 Å². The molecule has 0 saturated carbocycles. The molecule has 0 unspecified atom stereocenters. The molecule has 3 aromatic rings. The zero-order valence-electron chi connectivity index (χ0n) is 18.1. The van der Waals surface area contributed by atoms with Gasteiger partial charge in [0, 0.05) is 25.3 Å². The van der Waals surface area contributed by atoms with Crippen LogP contribution >= 0.6 is 0 Å². The van der Waals surface area contributed by atoms with E-state index in [0.717, 1.165) is 15.8 Å². The standard InChI is InChI=1S/C23H25N5O4/c1-3-32-19-9-7-18(8-10-19)24-20(29)15-28-23(31)27-12-11-26(22(30)21(27)25-28)14-17-6-4-5-16(2)13-17/h4-10,13H,3,11-12,14-15H2,1-2H3,(H,24,29). The normalized spacial score (nSPS) is 13.1. The second kappa shape index (κ2) is 9.09. The van der Waals surface area contributed by atoms with Crippen LogP contribution in [-0.4, -0.2) is 44.2 Å². The Bertz CT molecular complexity index is 1200. The van der Waals surface area contributed by atoms with Gasteiger partial charge in [0.2, 0.25) is 11.7 Å². The van der Waals surface area contributed by atoms with Crippen molar-refractivity contribution in [2.24, 2.45) is 0 Å². The third-order valence-electron chi connectivity index (χ3n) is 5.19. The molecular formula is C23H25N5O4. The number of hydrogen-bond donors (Lipinski definition) is 1. The molecule has 0 spiro atoms. The lowest BCUT2D eigenvalue weighted by molar-refractivity contribution is -0.117. The molecule has 0 saturated heterocycles. The maximum Gasteiger partial charge on any atom is 0.346 e. The van der Waals surface area contributed by atoms with E-state index in [0.29, 0.717) is 37.7 Å². The molecule has 0 radical (unpaired) electrons. The lowest BCUT2D eigenvalue weighted by Gasteiger charge is -2.26. The first-order valence-corrected chi connectivity index (χ1v) is 10.5. The van der Waals surface area contributed by atoms with Gasteiger partial charge in [-0.3, -0.25) is 14.2 Å². The van der Waals surface area contributed by atoms with Crippen LogP contribution in [0, 0.1) is 6.92 Å².